The van der Waals surface area contributed by atoms with Crippen LogP contribution in [0.2, 0.25) is 0 Å². The molecule has 110 valence electrons. The summed E-state index contributed by atoms with van der Waals surface area (Å²) in [4.78, 5) is 12.4. The van der Waals surface area contributed by atoms with Gasteiger partial charge in [0, 0.05) is 17.2 Å². The molecule has 1 aromatic carbocycles. The summed E-state index contributed by atoms with van der Waals surface area (Å²) in [5, 5.41) is 9.60. The van der Waals surface area contributed by atoms with Crippen LogP contribution in [0.1, 0.15) is 36.5 Å². The van der Waals surface area contributed by atoms with E-state index < -0.39 is 0 Å². The number of carbonyl (C=O) groups is 1. The molecule has 3 rings (SSSR count). The van der Waals surface area contributed by atoms with Crippen LogP contribution in [0.15, 0.2) is 28.7 Å². The van der Waals surface area contributed by atoms with Crippen LogP contribution in [-0.4, -0.2) is 22.1 Å². The van der Waals surface area contributed by atoms with Crippen molar-refractivity contribution in [1.82, 2.24) is 15.5 Å². The summed E-state index contributed by atoms with van der Waals surface area (Å²) in [5.41, 5.74) is 1.43. The molecule has 1 aliphatic rings. The van der Waals surface area contributed by atoms with E-state index in [9.17, 15) is 4.79 Å². The molecule has 1 fully saturated rings. The molecule has 2 atom stereocenters. The first-order valence-electron chi connectivity index (χ1n) is 7.14. The van der Waals surface area contributed by atoms with Crippen molar-refractivity contribution < 1.29 is 9.21 Å². The molecular formula is C15H17N3O2S. The maximum Gasteiger partial charge on any atom is 0.284 e. The number of rotatable bonds is 5. The summed E-state index contributed by atoms with van der Waals surface area (Å²) in [6.45, 7) is 2.17. The largest absolute Gasteiger partial charge is 0.409 e. The summed E-state index contributed by atoms with van der Waals surface area (Å²) in [6.07, 6.45) is 3.46. The predicted molar refractivity (Wildman–Crippen MR) is 81.4 cm³/mol. The van der Waals surface area contributed by atoms with Gasteiger partial charge in [-0.05, 0) is 55.2 Å². The summed E-state index contributed by atoms with van der Waals surface area (Å²) in [6, 6.07) is 7.50. The number of aromatic nitrogens is 2. The van der Waals surface area contributed by atoms with Crippen molar-refractivity contribution in [2.75, 3.05) is 0 Å². The molecule has 1 saturated carbocycles. The number of H-pyrrole nitrogens is 1. The summed E-state index contributed by atoms with van der Waals surface area (Å²) in [7, 11) is 0. The second-order valence-electron chi connectivity index (χ2n) is 5.36. The Kier molecular flexibility index (Phi) is 3.88. The summed E-state index contributed by atoms with van der Waals surface area (Å²) >= 11 is 4.84. The van der Waals surface area contributed by atoms with Gasteiger partial charge in [0.25, 0.3) is 10.7 Å². The third kappa shape index (κ3) is 3.21. The lowest BCUT2D eigenvalue weighted by molar-refractivity contribution is 0.0949. The average Bonchev–Trinajstić information content (AvgIpc) is 3.06. The molecule has 0 saturated heterocycles. The van der Waals surface area contributed by atoms with Gasteiger partial charge in [-0.25, -0.2) is 5.10 Å². The van der Waals surface area contributed by atoms with Crippen molar-refractivity contribution in [3.05, 3.63) is 34.7 Å². The van der Waals surface area contributed by atoms with E-state index in [0.29, 0.717) is 23.4 Å². The molecule has 0 bridgehead atoms. The molecule has 6 heteroatoms. The first-order chi connectivity index (χ1) is 10.2. The SMILES string of the molecule is CCC[C@@H]1C[C@H]1NC(=O)c1ccc(-c2n[nH]c(=S)o2)cc1. The molecule has 0 unspecified atom stereocenters. The lowest BCUT2D eigenvalue weighted by Crippen LogP contribution is -2.26. The van der Waals surface area contributed by atoms with Crippen LogP contribution in [0.3, 0.4) is 0 Å². The zero-order valence-electron chi connectivity index (χ0n) is 11.8. The van der Waals surface area contributed by atoms with E-state index in [2.05, 4.69) is 22.4 Å². The van der Waals surface area contributed by atoms with Crippen molar-refractivity contribution in [1.29, 1.82) is 0 Å². The Morgan fingerprint density at radius 3 is 2.86 bits per heavy atom. The monoisotopic (exact) mass is 303 g/mol. The van der Waals surface area contributed by atoms with Crippen LogP contribution in [0.4, 0.5) is 0 Å². The Morgan fingerprint density at radius 1 is 1.48 bits per heavy atom. The summed E-state index contributed by atoms with van der Waals surface area (Å²) in [5.74, 6) is 1.07. The molecule has 5 nitrogen and oxygen atoms in total. The third-order valence-corrected chi connectivity index (χ3v) is 3.91. The molecule has 0 spiro atoms. The van der Waals surface area contributed by atoms with E-state index in [-0.39, 0.29) is 10.7 Å². The highest BCUT2D eigenvalue weighted by atomic mass is 32.1. The first-order valence-corrected chi connectivity index (χ1v) is 7.55. The highest BCUT2D eigenvalue weighted by Crippen LogP contribution is 2.34. The van der Waals surface area contributed by atoms with E-state index in [1.807, 2.05) is 0 Å². The number of carbonyl (C=O) groups excluding carboxylic acids is 1. The van der Waals surface area contributed by atoms with Gasteiger partial charge in [-0.2, -0.15) is 0 Å². The van der Waals surface area contributed by atoms with Crippen LogP contribution in [0, 0.1) is 10.8 Å². The highest BCUT2D eigenvalue weighted by molar-refractivity contribution is 7.71. The molecule has 1 aliphatic carbocycles. The standard InChI is InChI=1S/C15H17N3O2S/c1-2-3-11-8-12(11)16-13(19)9-4-6-10(7-5-9)14-17-18-15(21)20-14/h4-7,11-12H,2-3,8H2,1H3,(H,16,19)(H,18,21)/t11-,12-/m1/s1. The topological polar surface area (TPSA) is 70.9 Å². The molecule has 2 N–H and O–H groups in total. The number of hydrogen-bond acceptors (Lipinski definition) is 4. The molecule has 1 aromatic heterocycles. The van der Waals surface area contributed by atoms with Crippen molar-refractivity contribution in [3.8, 4) is 11.5 Å². The van der Waals surface area contributed by atoms with E-state index in [4.69, 9.17) is 16.6 Å². The molecule has 1 amide bonds. The van der Waals surface area contributed by atoms with Crippen LogP contribution >= 0.6 is 12.2 Å². The fraction of sp³-hybridized carbons (Fsp3) is 0.400. The Hall–Kier alpha value is -1.95. The van der Waals surface area contributed by atoms with Crippen LogP contribution < -0.4 is 5.32 Å². The van der Waals surface area contributed by atoms with Gasteiger partial charge in [0.15, 0.2) is 0 Å². The normalized spacial score (nSPS) is 20.2. The molecule has 2 aromatic rings. The van der Waals surface area contributed by atoms with Crippen LogP contribution in [0.25, 0.3) is 11.5 Å². The van der Waals surface area contributed by atoms with Crippen LogP contribution in [-0.2, 0) is 0 Å². The second-order valence-corrected chi connectivity index (χ2v) is 5.73. The minimum atomic E-state index is -0.0203. The minimum absolute atomic E-state index is 0.0203. The van der Waals surface area contributed by atoms with E-state index >= 15 is 0 Å². The fourth-order valence-corrected chi connectivity index (χ4v) is 2.61. The number of amides is 1. The van der Waals surface area contributed by atoms with Gasteiger partial charge in [0.1, 0.15) is 0 Å². The summed E-state index contributed by atoms with van der Waals surface area (Å²) < 4.78 is 5.23. The maximum absolute atomic E-state index is 12.1. The van der Waals surface area contributed by atoms with Gasteiger partial charge in [-0.1, -0.05) is 13.3 Å². The quantitative estimate of drug-likeness (QED) is 0.831. The number of benzene rings is 1. The van der Waals surface area contributed by atoms with Crippen LogP contribution in [0.5, 0.6) is 0 Å². The van der Waals surface area contributed by atoms with Gasteiger partial charge in [0.2, 0.25) is 5.89 Å². The second kappa shape index (κ2) is 5.81. The number of aromatic amines is 1. The first kappa shape index (κ1) is 14.0. The van der Waals surface area contributed by atoms with Gasteiger partial charge < -0.3 is 9.73 Å². The van der Waals surface area contributed by atoms with Crippen molar-refractivity contribution >= 4 is 18.1 Å². The number of nitrogens with zero attached hydrogens (tertiary/aromatic N) is 1. The fourth-order valence-electron chi connectivity index (χ4n) is 2.48. The van der Waals surface area contributed by atoms with E-state index in [0.717, 1.165) is 12.0 Å². The predicted octanol–water partition coefficient (Wildman–Crippen LogP) is 3.32. The Morgan fingerprint density at radius 2 is 2.24 bits per heavy atom. The van der Waals surface area contributed by atoms with Gasteiger partial charge >= 0.3 is 0 Å². The zero-order chi connectivity index (χ0) is 14.8. The Balaban J connectivity index is 1.64. The third-order valence-electron chi connectivity index (χ3n) is 3.73. The van der Waals surface area contributed by atoms with E-state index in [1.54, 1.807) is 24.3 Å². The lowest BCUT2D eigenvalue weighted by atomic mass is 10.1. The molecule has 21 heavy (non-hydrogen) atoms. The molecule has 0 aliphatic heterocycles. The molecule has 0 radical (unpaired) electrons. The Labute approximate surface area is 127 Å². The minimum Gasteiger partial charge on any atom is -0.409 e. The molecular weight excluding hydrogens is 286 g/mol. The van der Waals surface area contributed by atoms with Gasteiger partial charge in [-0.3, -0.25) is 4.79 Å². The van der Waals surface area contributed by atoms with Crippen molar-refractivity contribution in [3.63, 3.8) is 0 Å². The number of hydrogen-bond donors (Lipinski definition) is 2. The maximum atomic E-state index is 12.1. The van der Waals surface area contributed by atoms with Gasteiger partial charge in [-0.15, -0.1) is 5.10 Å². The van der Waals surface area contributed by atoms with Crippen molar-refractivity contribution in [2.24, 2.45) is 5.92 Å². The lowest BCUT2D eigenvalue weighted by Gasteiger charge is -2.05. The average molecular weight is 303 g/mol. The van der Waals surface area contributed by atoms with E-state index in [1.165, 1.54) is 12.8 Å². The van der Waals surface area contributed by atoms with Crippen molar-refractivity contribution in [2.45, 2.75) is 32.2 Å². The highest BCUT2D eigenvalue weighted by Gasteiger charge is 2.37. The van der Waals surface area contributed by atoms with Gasteiger partial charge in [0.05, 0.1) is 0 Å². The zero-order valence-corrected chi connectivity index (χ0v) is 12.6. The number of nitrogens with one attached hydrogen (secondary N) is 2. The smallest absolute Gasteiger partial charge is 0.284 e. The Bertz CT molecular complexity index is 689. The molecule has 1 heterocycles.